The summed E-state index contributed by atoms with van der Waals surface area (Å²) in [6.07, 6.45) is 1.91. The first-order chi connectivity index (χ1) is 14.8. The van der Waals surface area contributed by atoms with Gasteiger partial charge in [-0.1, -0.05) is 49.4 Å². The minimum atomic E-state index is -3.61. The van der Waals surface area contributed by atoms with Gasteiger partial charge in [0.25, 0.3) is 0 Å². The number of rotatable bonds is 9. The molecular formula is C24H28N2O4S. The first-order valence-electron chi connectivity index (χ1n) is 10.1. The van der Waals surface area contributed by atoms with Crippen molar-refractivity contribution >= 4 is 32.4 Å². The number of carbonyl (C=O) groups excluding carboxylic acids is 1. The summed E-state index contributed by atoms with van der Waals surface area (Å²) in [4.78, 5) is 12.5. The van der Waals surface area contributed by atoms with E-state index in [1.165, 1.54) is 23.4 Å². The molecule has 3 rings (SSSR count). The van der Waals surface area contributed by atoms with Crippen LogP contribution < -0.4 is 14.4 Å². The zero-order chi connectivity index (χ0) is 22.4. The van der Waals surface area contributed by atoms with Crippen molar-refractivity contribution < 1.29 is 17.9 Å². The van der Waals surface area contributed by atoms with Gasteiger partial charge in [-0.2, -0.15) is 0 Å². The monoisotopic (exact) mass is 440 g/mol. The van der Waals surface area contributed by atoms with Gasteiger partial charge in [-0.15, -0.1) is 0 Å². The lowest BCUT2D eigenvalue weighted by Crippen LogP contribution is -2.41. The zero-order valence-corrected chi connectivity index (χ0v) is 18.9. The van der Waals surface area contributed by atoms with E-state index in [9.17, 15) is 13.2 Å². The second-order valence-corrected chi connectivity index (χ2v) is 9.63. The van der Waals surface area contributed by atoms with Crippen LogP contribution in [0.1, 0.15) is 12.5 Å². The van der Waals surface area contributed by atoms with Crippen LogP contribution in [0.2, 0.25) is 0 Å². The number of nitrogens with zero attached hydrogens (tertiary/aromatic N) is 1. The Morgan fingerprint density at radius 2 is 1.71 bits per heavy atom. The van der Waals surface area contributed by atoms with E-state index in [0.29, 0.717) is 18.0 Å². The van der Waals surface area contributed by atoms with E-state index < -0.39 is 10.0 Å². The van der Waals surface area contributed by atoms with Crippen molar-refractivity contribution in [2.45, 2.75) is 13.3 Å². The molecule has 3 aromatic carbocycles. The largest absolute Gasteiger partial charge is 0.497 e. The normalized spacial score (nSPS) is 12.4. The van der Waals surface area contributed by atoms with Gasteiger partial charge < -0.3 is 10.1 Å². The van der Waals surface area contributed by atoms with E-state index in [1.807, 2.05) is 18.2 Å². The van der Waals surface area contributed by atoms with Crippen molar-refractivity contribution in [1.29, 1.82) is 0 Å². The number of fused-ring (bicyclic) bond motifs is 1. The molecule has 0 bridgehead atoms. The number of sulfonamides is 1. The van der Waals surface area contributed by atoms with Crippen LogP contribution in [0, 0.1) is 5.92 Å². The SMILES string of the molecule is COc1ccc(N(CC(=O)NCC(C)Cc2cccc3ccccc23)S(C)(=O)=O)cc1. The van der Waals surface area contributed by atoms with Crippen molar-refractivity contribution in [3.05, 3.63) is 72.3 Å². The van der Waals surface area contributed by atoms with Crippen LogP contribution in [0.3, 0.4) is 0 Å². The molecule has 0 saturated carbocycles. The number of nitrogens with one attached hydrogen (secondary N) is 1. The Bertz CT molecular complexity index is 1140. The van der Waals surface area contributed by atoms with E-state index in [4.69, 9.17) is 4.74 Å². The van der Waals surface area contributed by atoms with Gasteiger partial charge in [-0.3, -0.25) is 9.10 Å². The lowest BCUT2D eigenvalue weighted by molar-refractivity contribution is -0.119. The summed E-state index contributed by atoms with van der Waals surface area (Å²) >= 11 is 0. The van der Waals surface area contributed by atoms with Gasteiger partial charge in [0.1, 0.15) is 12.3 Å². The van der Waals surface area contributed by atoms with Crippen LogP contribution in [0.5, 0.6) is 5.75 Å². The summed E-state index contributed by atoms with van der Waals surface area (Å²) in [5.41, 5.74) is 1.65. The minimum Gasteiger partial charge on any atom is -0.497 e. The van der Waals surface area contributed by atoms with Gasteiger partial charge in [-0.25, -0.2) is 8.42 Å². The lowest BCUT2D eigenvalue weighted by Gasteiger charge is -2.22. The minimum absolute atomic E-state index is 0.197. The van der Waals surface area contributed by atoms with E-state index in [0.717, 1.165) is 17.0 Å². The van der Waals surface area contributed by atoms with Crippen LogP contribution in [-0.2, 0) is 21.2 Å². The molecule has 31 heavy (non-hydrogen) atoms. The summed E-state index contributed by atoms with van der Waals surface area (Å²) in [5.74, 6) is 0.470. The second-order valence-electron chi connectivity index (χ2n) is 7.72. The highest BCUT2D eigenvalue weighted by molar-refractivity contribution is 7.92. The Kier molecular flexibility index (Phi) is 7.17. The number of amides is 1. The topological polar surface area (TPSA) is 75.7 Å². The Labute approximate surface area is 183 Å². The number of hydrogen-bond acceptors (Lipinski definition) is 4. The average molecular weight is 441 g/mol. The molecule has 0 aliphatic rings. The van der Waals surface area contributed by atoms with E-state index in [-0.39, 0.29) is 18.4 Å². The standard InChI is InChI=1S/C24H28N2O4S/c1-18(15-20-9-6-8-19-7-4-5-10-23(19)20)16-25-24(27)17-26(31(3,28)29)21-11-13-22(30-2)14-12-21/h4-14,18H,15-17H2,1-3H3,(H,25,27). The maximum atomic E-state index is 12.5. The van der Waals surface area contributed by atoms with E-state index in [2.05, 4.69) is 36.5 Å². The van der Waals surface area contributed by atoms with Gasteiger partial charge in [0.2, 0.25) is 15.9 Å². The summed E-state index contributed by atoms with van der Waals surface area (Å²) in [7, 11) is -2.07. The van der Waals surface area contributed by atoms with Crippen molar-refractivity contribution in [2.24, 2.45) is 5.92 Å². The van der Waals surface area contributed by atoms with Gasteiger partial charge in [0, 0.05) is 6.54 Å². The molecule has 0 radical (unpaired) electrons. The zero-order valence-electron chi connectivity index (χ0n) is 18.0. The summed E-state index contributed by atoms with van der Waals surface area (Å²) in [6.45, 7) is 2.26. The average Bonchev–Trinajstić information content (AvgIpc) is 2.76. The number of hydrogen-bond donors (Lipinski definition) is 1. The molecule has 0 heterocycles. The molecule has 164 valence electrons. The number of anilines is 1. The Morgan fingerprint density at radius 1 is 1.03 bits per heavy atom. The molecule has 1 N–H and O–H groups in total. The fourth-order valence-electron chi connectivity index (χ4n) is 3.54. The van der Waals surface area contributed by atoms with Crippen LogP contribution in [0.15, 0.2) is 66.7 Å². The van der Waals surface area contributed by atoms with Crippen LogP contribution in [0.25, 0.3) is 10.8 Å². The van der Waals surface area contributed by atoms with Gasteiger partial charge in [0.15, 0.2) is 0 Å². The Morgan fingerprint density at radius 3 is 2.39 bits per heavy atom. The molecule has 0 aromatic heterocycles. The summed E-state index contributed by atoms with van der Waals surface area (Å²) in [5, 5.41) is 5.28. The third kappa shape index (κ3) is 5.98. The van der Waals surface area contributed by atoms with Gasteiger partial charge in [-0.05, 0) is 52.9 Å². The van der Waals surface area contributed by atoms with Crippen LogP contribution in [0.4, 0.5) is 5.69 Å². The van der Waals surface area contributed by atoms with Crippen molar-refractivity contribution in [2.75, 3.05) is 30.8 Å². The van der Waals surface area contributed by atoms with E-state index >= 15 is 0 Å². The number of ether oxygens (including phenoxy) is 1. The highest BCUT2D eigenvalue weighted by atomic mass is 32.2. The Balaban J connectivity index is 1.61. The molecule has 6 nitrogen and oxygen atoms in total. The van der Waals surface area contributed by atoms with Gasteiger partial charge >= 0.3 is 0 Å². The predicted molar refractivity (Wildman–Crippen MR) is 125 cm³/mol. The number of benzene rings is 3. The van der Waals surface area contributed by atoms with Crippen molar-refractivity contribution in [3.8, 4) is 5.75 Å². The third-order valence-electron chi connectivity index (χ3n) is 5.14. The molecule has 0 aliphatic carbocycles. The highest BCUT2D eigenvalue weighted by Gasteiger charge is 2.21. The van der Waals surface area contributed by atoms with Crippen molar-refractivity contribution in [1.82, 2.24) is 5.32 Å². The molecule has 1 atom stereocenters. The summed E-state index contributed by atoms with van der Waals surface area (Å²) in [6, 6.07) is 21.0. The smallest absolute Gasteiger partial charge is 0.240 e. The molecule has 0 saturated heterocycles. The molecule has 3 aromatic rings. The maximum Gasteiger partial charge on any atom is 0.240 e. The first kappa shape index (κ1) is 22.6. The van der Waals surface area contributed by atoms with E-state index in [1.54, 1.807) is 24.3 Å². The fourth-order valence-corrected chi connectivity index (χ4v) is 4.40. The molecule has 1 amide bonds. The van der Waals surface area contributed by atoms with Crippen LogP contribution in [-0.4, -0.2) is 40.8 Å². The fraction of sp³-hybridized carbons (Fsp3) is 0.292. The van der Waals surface area contributed by atoms with Crippen LogP contribution >= 0.6 is 0 Å². The number of carbonyl (C=O) groups is 1. The van der Waals surface area contributed by atoms with Gasteiger partial charge in [0.05, 0.1) is 19.1 Å². The van der Waals surface area contributed by atoms with Crippen molar-refractivity contribution in [3.63, 3.8) is 0 Å². The first-order valence-corrected chi connectivity index (χ1v) is 12.0. The lowest BCUT2D eigenvalue weighted by atomic mass is 9.96. The Hall–Kier alpha value is -3.06. The second kappa shape index (κ2) is 9.83. The quantitative estimate of drug-likeness (QED) is 0.552. The summed E-state index contributed by atoms with van der Waals surface area (Å²) < 4.78 is 30.7. The maximum absolute atomic E-state index is 12.5. The molecule has 0 fully saturated rings. The molecule has 7 heteroatoms. The molecule has 0 aliphatic heterocycles. The molecule has 0 spiro atoms. The highest BCUT2D eigenvalue weighted by Crippen LogP contribution is 2.22. The number of methoxy groups -OCH3 is 1. The molecule has 1 unspecified atom stereocenters. The molecular weight excluding hydrogens is 412 g/mol. The predicted octanol–water partition coefficient (Wildman–Crippen LogP) is 3.61. The third-order valence-corrected chi connectivity index (χ3v) is 6.28.